The quantitative estimate of drug-likeness (QED) is 0.801. The highest BCUT2D eigenvalue weighted by atomic mass is 14.9. The summed E-state index contributed by atoms with van der Waals surface area (Å²) in [5, 5.41) is 3.86. The maximum atomic E-state index is 3.86. The van der Waals surface area contributed by atoms with Crippen molar-refractivity contribution in [2.75, 3.05) is 6.54 Å². The molecular weight excluding hydrogens is 254 g/mol. The van der Waals surface area contributed by atoms with E-state index in [-0.39, 0.29) is 0 Å². The van der Waals surface area contributed by atoms with E-state index >= 15 is 0 Å². The summed E-state index contributed by atoms with van der Waals surface area (Å²) in [6.07, 6.45) is 13.7. The van der Waals surface area contributed by atoms with Gasteiger partial charge in [0.05, 0.1) is 0 Å². The lowest BCUT2D eigenvalue weighted by molar-refractivity contribution is 0.267. The first-order chi connectivity index (χ1) is 10.4. The van der Waals surface area contributed by atoms with E-state index < -0.39 is 0 Å². The van der Waals surface area contributed by atoms with E-state index in [0.717, 1.165) is 5.92 Å². The van der Waals surface area contributed by atoms with Crippen molar-refractivity contribution in [3.63, 3.8) is 0 Å². The Morgan fingerprint density at radius 2 is 1.86 bits per heavy atom. The third-order valence-corrected chi connectivity index (χ3v) is 5.49. The molecule has 0 radical (unpaired) electrons. The topological polar surface area (TPSA) is 12.0 Å². The normalized spacial score (nSPS) is 20.4. The van der Waals surface area contributed by atoms with E-state index in [9.17, 15) is 0 Å². The van der Waals surface area contributed by atoms with Crippen LogP contribution in [0.5, 0.6) is 0 Å². The molecule has 0 saturated heterocycles. The molecule has 1 aromatic rings. The smallest absolute Gasteiger partial charge is 0.0136 e. The predicted molar refractivity (Wildman–Crippen MR) is 90.8 cm³/mol. The van der Waals surface area contributed by atoms with Crippen LogP contribution in [0.2, 0.25) is 0 Å². The molecule has 0 aromatic heterocycles. The van der Waals surface area contributed by atoms with Gasteiger partial charge in [0, 0.05) is 6.04 Å². The summed E-state index contributed by atoms with van der Waals surface area (Å²) in [5.74, 6) is 0.901. The largest absolute Gasteiger partial charge is 0.313 e. The van der Waals surface area contributed by atoms with Gasteiger partial charge in [0.2, 0.25) is 0 Å². The second-order valence-corrected chi connectivity index (χ2v) is 7.12. The fraction of sp³-hybridized carbons (Fsp3) is 0.700. The van der Waals surface area contributed by atoms with Gasteiger partial charge in [-0.1, -0.05) is 44.4 Å². The van der Waals surface area contributed by atoms with Gasteiger partial charge < -0.3 is 5.32 Å². The van der Waals surface area contributed by atoms with Crippen LogP contribution in [0.25, 0.3) is 0 Å². The van der Waals surface area contributed by atoms with Gasteiger partial charge in [-0.3, -0.25) is 0 Å². The molecular formula is C20H31N. The third kappa shape index (κ3) is 3.88. The van der Waals surface area contributed by atoms with Crippen LogP contribution in [-0.4, -0.2) is 12.6 Å². The Balaban J connectivity index is 1.67. The van der Waals surface area contributed by atoms with Crippen LogP contribution in [0.15, 0.2) is 18.2 Å². The summed E-state index contributed by atoms with van der Waals surface area (Å²) >= 11 is 0. The predicted octanol–water partition coefficient (Wildman–Crippen LogP) is 4.67. The maximum Gasteiger partial charge on any atom is 0.0136 e. The van der Waals surface area contributed by atoms with Crippen LogP contribution >= 0.6 is 0 Å². The van der Waals surface area contributed by atoms with E-state index in [2.05, 4.69) is 30.4 Å². The Labute approximate surface area is 130 Å². The average molecular weight is 285 g/mol. The minimum atomic E-state index is 0.699. The molecule has 1 saturated carbocycles. The lowest BCUT2D eigenvalue weighted by Crippen LogP contribution is -2.39. The SMILES string of the molecule is CCCNC(Cc1ccc2c(c1)CCC2)C1CCCCC1. The first-order valence-electron chi connectivity index (χ1n) is 9.21. The second-order valence-electron chi connectivity index (χ2n) is 7.12. The minimum absolute atomic E-state index is 0.699. The number of hydrogen-bond donors (Lipinski definition) is 1. The molecule has 116 valence electrons. The number of rotatable bonds is 6. The van der Waals surface area contributed by atoms with Gasteiger partial charge in [-0.2, -0.15) is 0 Å². The van der Waals surface area contributed by atoms with E-state index in [1.807, 2.05) is 0 Å². The molecule has 1 nitrogen and oxygen atoms in total. The van der Waals surface area contributed by atoms with Gasteiger partial charge in [0.25, 0.3) is 0 Å². The highest BCUT2D eigenvalue weighted by Crippen LogP contribution is 2.29. The van der Waals surface area contributed by atoms with Crippen molar-refractivity contribution in [3.05, 3.63) is 34.9 Å². The van der Waals surface area contributed by atoms with Crippen molar-refractivity contribution in [2.45, 2.75) is 77.2 Å². The molecule has 1 heteroatoms. The van der Waals surface area contributed by atoms with E-state index in [1.165, 1.54) is 70.8 Å². The number of benzene rings is 1. The number of hydrogen-bond acceptors (Lipinski definition) is 1. The van der Waals surface area contributed by atoms with Crippen molar-refractivity contribution < 1.29 is 0 Å². The lowest BCUT2D eigenvalue weighted by Gasteiger charge is -2.31. The third-order valence-electron chi connectivity index (χ3n) is 5.49. The summed E-state index contributed by atoms with van der Waals surface area (Å²) in [5.41, 5.74) is 4.80. The Morgan fingerprint density at radius 1 is 1.05 bits per heavy atom. The molecule has 3 rings (SSSR count). The molecule has 1 atom stereocenters. The van der Waals surface area contributed by atoms with E-state index in [0.29, 0.717) is 6.04 Å². The van der Waals surface area contributed by atoms with Crippen molar-refractivity contribution >= 4 is 0 Å². The molecule has 0 bridgehead atoms. The lowest BCUT2D eigenvalue weighted by atomic mass is 9.81. The Hall–Kier alpha value is -0.820. The molecule has 1 N–H and O–H groups in total. The van der Waals surface area contributed by atoms with Gasteiger partial charge in [0.15, 0.2) is 0 Å². The molecule has 1 fully saturated rings. The zero-order chi connectivity index (χ0) is 14.5. The summed E-state index contributed by atoms with van der Waals surface area (Å²) < 4.78 is 0. The van der Waals surface area contributed by atoms with Crippen LogP contribution in [-0.2, 0) is 19.3 Å². The molecule has 1 unspecified atom stereocenters. The van der Waals surface area contributed by atoms with Crippen LogP contribution in [0, 0.1) is 5.92 Å². The first-order valence-corrected chi connectivity index (χ1v) is 9.21. The van der Waals surface area contributed by atoms with Gasteiger partial charge in [0.1, 0.15) is 0 Å². The van der Waals surface area contributed by atoms with Crippen LogP contribution < -0.4 is 5.32 Å². The van der Waals surface area contributed by atoms with Crippen molar-refractivity contribution in [1.82, 2.24) is 5.32 Å². The molecule has 0 spiro atoms. The Kier molecular flexibility index (Phi) is 5.35. The highest BCUT2D eigenvalue weighted by molar-refractivity contribution is 5.35. The van der Waals surface area contributed by atoms with Crippen molar-refractivity contribution in [1.29, 1.82) is 0 Å². The molecule has 2 aliphatic carbocycles. The molecule has 0 amide bonds. The average Bonchev–Trinajstić information content (AvgIpc) is 3.00. The van der Waals surface area contributed by atoms with Gasteiger partial charge in [-0.15, -0.1) is 0 Å². The molecule has 2 aliphatic rings. The molecule has 0 aliphatic heterocycles. The van der Waals surface area contributed by atoms with E-state index in [1.54, 1.807) is 16.7 Å². The fourth-order valence-electron chi connectivity index (χ4n) is 4.28. The summed E-state index contributed by atoms with van der Waals surface area (Å²) in [6, 6.07) is 8.00. The molecule has 21 heavy (non-hydrogen) atoms. The number of fused-ring (bicyclic) bond motifs is 1. The monoisotopic (exact) mass is 285 g/mol. The second kappa shape index (κ2) is 7.45. The Bertz CT molecular complexity index is 445. The zero-order valence-corrected chi connectivity index (χ0v) is 13.7. The van der Waals surface area contributed by atoms with Gasteiger partial charge in [-0.25, -0.2) is 0 Å². The fourth-order valence-corrected chi connectivity index (χ4v) is 4.28. The maximum absolute atomic E-state index is 3.86. The van der Waals surface area contributed by atoms with Crippen LogP contribution in [0.4, 0.5) is 0 Å². The van der Waals surface area contributed by atoms with Gasteiger partial charge >= 0.3 is 0 Å². The summed E-state index contributed by atoms with van der Waals surface area (Å²) in [7, 11) is 0. The van der Waals surface area contributed by atoms with Crippen LogP contribution in [0.1, 0.15) is 68.6 Å². The van der Waals surface area contributed by atoms with Crippen molar-refractivity contribution in [2.24, 2.45) is 5.92 Å². The zero-order valence-electron chi connectivity index (χ0n) is 13.7. The standard InChI is InChI=1S/C20H31N/c1-2-13-21-20(18-7-4-3-5-8-18)15-16-11-12-17-9-6-10-19(17)14-16/h11-12,14,18,20-21H,2-10,13,15H2,1H3. The molecule has 0 heterocycles. The highest BCUT2D eigenvalue weighted by Gasteiger charge is 2.23. The van der Waals surface area contributed by atoms with Gasteiger partial charge in [-0.05, 0) is 74.1 Å². The number of aryl methyl sites for hydroxylation is 2. The van der Waals surface area contributed by atoms with Crippen LogP contribution in [0.3, 0.4) is 0 Å². The Morgan fingerprint density at radius 3 is 2.67 bits per heavy atom. The summed E-state index contributed by atoms with van der Waals surface area (Å²) in [6.45, 7) is 3.45. The number of nitrogens with one attached hydrogen (secondary N) is 1. The van der Waals surface area contributed by atoms with Crippen molar-refractivity contribution in [3.8, 4) is 0 Å². The minimum Gasteiger partial charge on any atom is -0.313 e. The van der Waals surface area contributed by atoms with E-state index in [4.69, 9.17) is 0 Å². The molecule has 1 aromatic carbocycles. The summed E-state index contributed by atoms with van der Waals surface area (Å²) in [4.78, 5) is 0. The first kappa shape index (κ1) is 15.1.